The van der Waals surface area contributed by atoms with Gasteiger partial charge >= 0.3 is 5.97 Å². The normalized spacial score (nSPS) is 9.94. The van der Waals surface area contributed by atoms with E-state index in [-0.39, 0.29) is 5.97 Å². The van der Waals surface area contributed by atoms with Crippen LogP contribution >= 0.6 is 0 Å². The zero-order chi connectivity index (χ0) is 12.2. The monoisotopic (exact) mass is 226 g/mol. The third-order valence-electron chi connectivity index (χ3n) is 2.37. The summed E-state index contributed by atoms with van der Waals surface area (Å²) in [5.41, 5.74) is 1.40. The lowest BCUT2D eigenvalue weighted by molar-refractivity contribution is -0.143. The number of hydrogen-bond donors (Lipinski definition) is 0. The minimum absolute atomic E-state index is 0.0490. The molecule has 0 aliphatic heterocycles. The summed E-state index contributed by atoms with van der Waals surface area (Å²) in [6.45, 7) is 6.85. The number of esters is 1. The van der Waals surface area contributed by atoms with E-state index in [9.17, 15) is 4.79 Å². The highest BCUT2D eigenvalue weighted by Gasteiger charge is 1.99. The van der Waals surface area contributed by atoms with Gasteiger partial charge in [0.2, 0.25) is 0 Å². The molecule has 16 heavy (non-hydrogen) atoms. The average molecular weight is 226 g/mol. The molecular formula is C14H26O2. The van der Waals surface area contributed by atoms with E-state index in [2.05, 4.69) is 19.9 Å². The zero-order valence-electron chi connectivity index (χ0n) is 11.1. The van der Waals surface area contributed by atoms with Crippen LogP contribution in [0.25, 0.3) is 0 Å². The summed E-state index contributed by atoms with van der Waals surface area (Å²) in [4.78, 5) is 11.0. The summed E-state index contributed by atoms with van der Waals surface area (Å²) in [6.07, 6.45) is 9.53. The second kappa shape index (κ2) is 10.7. The first kappa shape index (κ1) is 15.2. The van der Waals surface area contributed by atoms with Gasteiger partial charge in [0.1, 0.15) is 0 Å². The number of ether oxygens (including phenoxy) is 1. The van der Waals surface area contributed by atoms with Crippen molar-refractivity contribution < 1.29 is 9.53 Å². The molecule has 2 nitrogen and oxygen atoms in total. The second-order valence-electron chi connectivity index (χ2n) is 4.45. The predicted molar refractivity (Wildman–Crippen MR) is 68.4 cm³/mol. The van der Waals surface area contributed by atoms with Crippen molar-refractivity contribution in [1.29, 1.82) is 0 Å². The van der Waals surface area contributed by atoms with Gasteiger partial charge in [0.25, 0.3) is 0 Å². The Kier molecular flexibility index (Phi) is 10.2. The Hall–Kier alpha value is -0.790. The van der Waals surface area contributed by atoms with Crippen LogP contribution in [0, 0.1) is 0 Å². The number of unbranched alkanes of at least 4 members (excludes halogenated alkanes) is 4. The molecule has 0 aromatic heterocycles. The lowest BCUT2D eigenvalue weighted by Gasteiger charge is -2.03. The van der Waals surface area contributed by atoms with Crippen LogP contribution in [0.5, 0.6) is 0 Å². The molecule has 0 saturated carbocycles. The summed E-state index contributed by atoms with van der Waals surface area (Å²) in [6, 6.07) is 0. The zero-order valence-corrected chi connectivity index (χ0v) is 11.1. The van der Waals surface area contributed by atoms with Gasteiger partial charge in [-0.15, -0.1) is 0 Å². The highest BCUT2D eigenvalue weighted by atomic mass is 16.5. The van der Waals surface area contributed by atoms with E-state index >= 15 is 0 Å². The summed E-state index contributed by atoms with van der Waals surface area (Å²) in [5, 5.41) is 0. The third-order valence-corrected chi connectivity index (χ3v) is 2.37. The summed E-state index contributed by atoms with van der Waals surface area (Å²) < 4.78 is 5.08. The van der Waals surface area contributed by atoms with E-state index in [0.29, 0.717) is 13.0 Å². The highest BCUT2D eigenvalue weighted by molar-refractivity contribution is 5.69. The number of allylic oxidation sites excluding steroid dienone is 2. The number of carbonyl (C=O) groups excluding carboxylic acids is 1. The third kappa shape index (κ3) is 11.3. The molecule has 0 rings (SSSR count). The maximum atomic E-state index is 11.0. The molecule has 0 spiro atoms. The Bertz CT molecular complexity index is 203. The molecule has 2 heteroatoms. The van der Waals surface area contributed by atoms with Crippen molar-refractivity contribution >= 4 is 5.97 Å². The topological polar surface area (TPSA) is 26.3 Å². The lowest BCUT2D eigenvalue weighted by atomic mass is 10.1. The quantitative estimate of drug-likeness (QED) is 0.334. The summed E-state index contributed by atoms with van der Waals surface area (Å²) in [5.74, 6) is -0.0490. The van der Waals surface area contributed by atoms with Crippen molar-refractivity contribution in [2.45, 2.75) is 65.7 Å². The van der Waals surface area contributed by atoms with E-state index in [1.807, 2.05) is 6.92 Å². The van der Waals surface area contributed by atoms with Gasteiger partial charge in [0.15, 0.2) is 0 Å². The molecule has 0 heterocycles. The van der Waals surface area contributed by atoms with Crippen LogP contribution in [0.4, 0.5) is 0 Å². The Morgan fingerprint density at radius 3 is 2.44 bits per heavy atom. The molecule has 0 aromatic rings. The van der Waals surface area contributed by atoms with Crippen molar-refractivity contribution in [3.63, 3.8) is 0 Å². The second-order valence-corrected chi connectivity index (χ2v) is 4.45. The molecule has 0 N–H and O–H groups in total. The Morgan fingerprint density at radius 2 is 1.81 bits per heavy atom. The maximum Gasteiger partial charge on any atom is 0.305 e. The van der Waals surface area contributed by atoms with Gasteiger partial charge in [-0.25, -0.2) is 0 Å². The Labute approximate surface area is 100 Å². The van der Waals surface area contributed by atoms with Crippen LogP contribution < -0.4 is 0 Å². The molecule has 0 saturated heterocycles. The van der Waals surface area contributed by atoms with Crippen LogP contribution in [0.15, 0.2) is 11.6 Å². The van der Waals surface area contributed by atoms with E-state index in [1.54, 1.807) is 0 Å². The Morgan fingerprint density at radius 1 is 1.12 bits per heavy atom. The van der Waals surface area contributed by atoms with Gasteiger partial charge < -0.3 is 4.74 Å². The SMILES string of the molecule is CCCC(=O)OCCCCCCC=C(C)C. The van der Waals surface area contributed by atoms with Crippen molar-refractivity contribution in [2.75, 3.05) is 6.61 Å². The summed E-state index contributed by atoms with van der Waals surface area (Å²) in [7, 11) is 0. The lowest BCUT2D eigenvalue weighted by Crippen LogP contribution is -2.04. The maximum absolute atomic E-state index is 11.0. The fraction of sp³-hybridized carbons (Fsp3) is 0.786. The number of hydrogen-bond acceptors (Lipinski definition) is 2. The molecule has 0 unspecified atom stereocenters. The van der Waals surface area contributed by atoms with E-state index in [1.165, 1.54) is 24.8 Å². The van der Waals surface area contributed by atoms with Crippen molar-refractivity contribution in [3.05, 3.63) is 11.6 Å². The molecule has 0 aliphatic carbocycles. The molecule has 0 atom stereocenters. The van der Waals surface area contributed by atoms with Gasteiger partial charge in [0, 0.05) is 6.42 Å². The standard InChI is InChI=1S/C14H26O2/c1-4-10-14(15)16-12-9-7-5-6-8-11-13(2)3/h11H,4-10,12H2,1-3H3. The van der Waals surface area contributed by atoms with Crippen LogP contribution in [0.2, 0.25) is 0 Å². The molecule has 0 amide bonds. The van der Waals surface area contributed by atoms with E-state index in [4.69, 9.17) is 4.74 Å². The highest BCUT2D eigenvalue weighted by Crippen LogP contribution is 2.06. The minimum Gasteiger partial charge on any atom is -0.466 e. The van der Waals surface area contributed by atoms with Gasteiger partial charge in [0.05, 0.1) is 6.61 Å². The van der Waals surface area contributed by atoms with E-state index in [0.717, 1.165) is 19.3 Å². The molecule has 0 aliphatic rings. The average Bonchev–Trinajstić information content (AvgIpc) is 2.22. The first-order chi connectivity index (χ1) is 7.66. The molecule has 0 radical (unpaired) electrons. The largest absolute Gasteiger partial charge is 0.466 e. The number of rotatable bonds is 9. The smallest absolute Gasteiger partial charge is 0.305 e. The molecular weight excluding hydrogens is 200 g/mol. The fourth-order valence-electron chi connectivity index (χ4n) is 1.45. The van der Waals surface area contributed by atoms with Gasteiger partial charge in [-0.1, -0.05) is 31.4 Å². The minimum atomic E-state index is -0.0490. The first-order valence-electron chi connectivity index (χ1n) is 6.45. The van der Waals surface area contributed by atoms with Crippen molar-refractivity contribution in [3.8, 4) is 0 Å². The van der Waals surface area contributed by atoms with Crippen LogP contribution in [0.1, 0.15) is 65.7 Å². The summed E-state index contributed by atoms with van der Waals surface area (Å²) >= 11 is 0. The molecule has 0 bridgehead atoms. The molecule has 0 fully saturated rings. The predicted octanol–water partition coefficient (Wildman–Crippen LogP) is 4.25. The molecule has 0 aromatic carbocycles. The first-order valence-corrected chi connectivity index (χ1v) is 6.45. The van der Waals surface area contributed by atoms with Crippen LogP contribution in [-0.4, -0.2) is 12.6 Å². The molecule has 94 valence electrons. The van der Waals surface area contributed by atoms with Gasteiger partial charge in [-0.2, -0.15) is 0 Å². The Balaban J connectivity index is 3.15. The van der Waals surface area contributed by atoms with Crippen LogP contribution in [0.3, 0.4) is 0 Å². The van der Waals surface area contributed by atoms with Crippen molar-refractivity contribution in [2.24, 2.45) is 0 Å². The van der Waals surface area contributed by atoms with E-state index < -0.39 is 0 Å². The van der Waals surface area contributed by atoms with Gasteiger partial charge in [-0.3, -0.25) is 4.79 Å². The number of carbonyl (C=O) groups is 1. The van der Waals surface area contributed by atoms with Gasteiger partial charge in [-0.05, 0) is 39.5 Å². The van der Waals surface area contributed by atoms with Crippen LogP contribution in [-0.2, 0) is 9.53 Å². The fourth-order valence-corrected chi connectivity index (χ4v) is 1.45. The van der Waals surface area contributed by atoms with Crippen molar-refractivity contribution in [1.82, 2.24) is 0 Å².